The first-order chi connectivity index (χ1) is 7.78. The van der Waals surface area contributed by atoms with Gasteiger partial charge in [-0.15, -0.1) is 0 Å². The van der Waals surface area contributed by atoms with Gasteiger partial charge >= 0.3 is 0 Å². The molecule has 0 heterocycles. The van der Waals surface area contributed by atoms with Gasteiger partial charge in [-0.25, -0.2) is 0 Å². The minimum Gasteiger partial charge on any atom is -0.508 e. The Morgan fingerprint density at radius 1 is 1.29 bits per heavy atom. The van der Waals surface area contributed by atoms with Crippen molar-refractivity contribution in [3.05, 3.63) is 29.3 Å². The highest BCUT2D eigenvalue weighted by Crippen LogP contribution is 2.21. The second-order valence-electron chi connectivity index (χ2n) is 5.69. The van der Waals surface area contributed by atoms with Gasteiger partial charge in [-0.05, 0) is 52.4 Å². The highest BCUT2D eigenvalue weighted by molar-refractivity contribution is 5.36. The largest absolute Gasteiger partial charge is 0.508 e. The third kappa shape index (κ3) is 5.20. The van der Waals surface area contributed by atoms with E-state index in [0.717, 1.165) is 24.9 Å². The number of phenols is 1. The number of rotatable bonds is 5. The van der Waals surface area contributed by atoms with Gasteiger partial charge in [0.15, 0.2) is 0 Å². The van der Waals surface area contributed by atoms with Crippen molar-refractivity contribution < 1.29 is 5.11 Å². The van der Waals surface area contributed by atoms with Gasteiger partial charge in [0.05, 0.1) is 0 Å². The van der Waals surface area contributed by atoms with Crippen molar-refractivity contribution in [3.63, 3.8) is 0 Å². The Morgan fingerprint density at radius 2 is 1.94 bits per heavy atom. The van der Waals surface area contributed by atoms with E-state index < -0.39 is 0 Å². The number of hydrogen-bond donors (Lipinski definition) is 2. The molecule has 0 aliphatic rings. The molecular formula is C14H24N2O. The first kappa shape index (κ1) is 14.0. The third-order valence-electron chi connectivity index (χ3n) is 2.69. The van der Waals surface area contributed by atoms with Crippen LogP contribution >= 0.6 is 0 Å². The Morgan fingerprint density at radius 3 is 2.47 bits per heavy atom. The highest BCUT2D eigenvalue weighted by atomic mass is 16.3. The second kappa shape index (κ2) is 5.52. The molecule has 0 unspecified atom stereocenters. The molecule has 1 aromatic rings. The van der Waals surface area contributed by atoms with E-state index in [1.165, 1.54) is 5.56 Å². The average molecular weight is 236 g/mol. The van der Waals surface area contributed by atoms with Crippen molar-refractivity contribution >= 4 is 0 Å². The van der Waals surface area contributed by atoms with Gasteiger partial charge in [0.2, 0.25) is 0 Å². The summed E-state index contributed by atoms with van der Waals surface area (Å²) < 4.78 is 0. The summed E-state index contributed by atoms with van der Waals surface area (Å²) in [5.74, 6) is 0.370. The van der Waals surface area contributed by atoms with Gasteiger partial charge in [-0.1, -0.05) is 12.1 Å². The van der Waals surface area contributed by atoms with E-state index in [2.05, 4.69) is 6.07 Å². The zero-order valence-corrected chi connectivity index (χ0v) is 11.3. The quantitative estimate of drug-likeness (QED) is 0.823. The van der Waals surface area contributed by atoms with Gasteiger partial charge in [0, 0.05) is 17.6 Å². The number of aryl methyl sites for hydroxylation is 1. The lowest BCUT2D eigenvalue weighted by Crippen LogP contribution is -2.32. The van der Waals surface area contributed by atoms with E-state index in [9.17, 15) is 5.11 Å². The Bertz CT molecular complexity index is 367. The van der Waals surface area contributed by atoms with Crippen LogP contribution < -0.4 is 5.73 Å². The van der Waals surface area contributed by atoms with Gasteiger partial charge in [-0.3, -0.25) is 0 Å². The lowest BCUT2D eigenvalue weighted by Gasteiger charge is -2.18. The summed E-state index contributed by atoms with van der Waals surface area (Å²) in [6.45, 7) is 4.83. The van der Waals surface area contributed by atoms with Crippen LogP contribution in [0.25, 0.3) is 0 Å². The maximum Gasteiger partial charge on any atom is 0.120 e. The summed E-state index contributed by atoms with van der Waals surface area (Å²) in [4.78, 5) is 2.05. The molecule has 1 aromatic carbocycles. The molecule has 3 nitrogen and oxygen atoms in total. The summed E-state index contributed by atoms with van der Waals surface area (Å²) in [7, 11) is 3.99. The molecule has 17 heavy (non-hydrogen) atoms. The van der Waals surface area contributed by atoms with Crippen molar-refractivity contribution in [2.24, 2.45) is 5.73 Å². The SMILES string of the molecule is CN(C)Cc1cc(CCC(C)(C)N)ccc1O. The van der Waals surface area contributed by atoms with Crippen LogP contribution in [-0.4, -0.2) is 29.6 Å². The van der Waals surface area contributed by atoms with Crippen molar-refractivity contribution in [1.29, 1.82) is 0 Å². The molecule has 0 aromatic heterocycles. The first-order valence-electron chi connectivity index (χ1n) is 6.02. The number of benzene rings is 1. The molecule has 0 aliphatic carbocycles. The molecule has 0 aliphatic heterocycles. The van der Waals surface area contributed by atoms with Crippen LogP contribution in [0.15, 0.2) is 18.2 Å². The summed E-state index contributed by atoms with van der Waals surface area (Å²) in [5.41, 5.74) is 8.04. The van der Waals surface area contributed by atoms with E-state index in [4.69, 9.17) is 5.73 Å². The van der Waals surface area contributed by atoms with Crippen LogP contribution in [0.4, 0.5) is 0 Å². The Kier molecular flexibility index (Phi) is 4.54. The molecule has 0 spiro atoms. The number of nitrogens with zero attached hydrogens (tertiary/aromatic N) is 1. The number of nitrogens with two attached hydrogens (primary N) is 1. The summed E-state index contributed by atoms with van der Waals surface area (Å²) in [6, 6.07) is 5.82. The van der Waals surface area contributed by atoms with Crippen LogP contribution in [0, 0.1) is 0 Å². The highest BCUT2D eigenvalue weighted by Gasteiger charge is 2.11. The second-order valence-corrected chi connectivity index (χ2v) is 5.69. The Labute approximate surface area is 104 Å². The minimum absolute atomic E-state index is 0.139. The zero-order valence-electron chi connectivity index (χ0n) is 11.3. The minimum atomic E-state index is -0.139. The third-order valence-corrected chi connectivity index (χ3v) is 2.69. The van der Waals surface area contributed by atoms with Gasteiger partial charge in [0.1, 0.15) is 5.75 Å². The monoisotopic (exact) mass is 236 g/mol. The number of phenolic OH excluding ortho intramolecular Hbond substituents is 1. The van der Waals surface area contributed by atoms with Crippen molar-refractivity contribution in [2.75, 3.05) is 14.1 Å². The molecule has 0 amide bonds. The fourth-order valence-corrected chi connectivity index (χ4v) is 1.73. The van der Waals surface area contributed by atoms with Crippen LogP contribution in [-0.2, 0) is 13.0 Å². The Hall–Kier alpha value is -1.06. The number of aromatic hydroxyl groups is 1. The summed E-state index contributed by atoms with van der Waals surface area (Å²) >= 11 is 0. The Balaban J connectivity index is 2.74. The van der Waals surface area contributed by atoms with Crippen molar-refractivity contribution in [3.8, 4) is 5.75 Å². The molecule has 0 fully saturated rings. The standard InChI is InChI=1S/C14H24N2O/c1-14(2,15)8-7-11-5-6-13(17)12(9-11)10-16(3)4/h5-6,9,17H,7-8,10,15H2,1-4H3. The molecule has 3 heteroatoms. The molecule has 0 saturated carbocycles. The maximum atomic E-state index is 9.76. The molecule has 0 bridgehead atoms. The zero-order chi connectivity index (χ0) is 13.1. The van der Waals surface area contributed by atoms with Gasteiger partial charge < -0.3 is 15.7 Å². The topological polar surface area (TPSA) is 49.5 Å². The van der Waals surface area contributed by atoms with Crippen LogP contribution in [0.1, 0.15) is 31.4 Å². The molecule has 96 valence electrons. The van der Waals surface area contributed by atoms with E-state index in [-0.39, 0.29) is 5.54 Å². The predicted octanol–water partition coefficient (Wildman–Crippen LogP) is 2.12. The summed E-state index contributed by atoms with van der Waals surface area (Å²) in [6.07, 6.45) is 1.89. The summed E-state index contributed by atoms with van der Waals surface area (Å²) in [5, 5.41) is 9.76. The number of hydrogen-bond acceptors (Lipinski definition) is 3. The van der Waals surface area contributed by atoms with E-state index in [1.54, 1.807) is 6.07 Å². The van der Waals surface area contributed by atoms with E-state index in [0.29, 0.717) is 5.75 Å². The average Bonchev–Trinajstić information content (AvgIpc) is 2.17. The first-order valence-corrected chi connectivity index (χ1v) is 6.02. The molecule has 0 saturated heterocycles. The van der Waals surface area contributed by atoms with E-state index in [1.807, 2.05) is 38.9 Å². The van der Waals surface area contributed by atoms with Crippen molar-refractivity contribution in [1.82, 2.24) is 4.90 Å². The smallest absolute Gasteiger partial charge is 0.120 e. The fraction of sp³-hybridized carbons (Fsp3) is 0.571. The van der Waals surface area contributed by atoms with Gasteiger partial charge in [0.25, 0.3) is 0 Å². The molecule has 1 rings (SSSR count). The lowest BCUT2D eigenvalue weighted by atomic mass is 9.95. The van der Waals surface area contributed by atoms with Crippen molar-refractivity contribution in [2.45, 2.75) is 38.8 Å². The van der Waals surface area contributed by atoms with Gasteiger partial charge in [-0.2, -0.15) is 0 Å². The molecule has 3 N–H and O–H groups in total. The molecular weight excluding hydrogens is 212 g/mol. The van der Waals surface area contributed by atoms with Crippen LogP contribution in [0.3, 0.4) is 0 Å². The fourth-order valence-electron chi connectivity index (χ4n) is 1.73. The lowest BCUT2D eigenvalue weighted by molar-refractivity contribution is 0.385. The molecule has 0 radical (unpaired) electrons. The normalized spacial score (nSPS) is 12.1. The van der Waals surface area contributed by atoms with Crippen LogP contribution in [0.5, 0.6) is 5.75 Å². The maximum absolute atomic E-state index is 9.76. The molecule has 0 atom stereocenters. The van der Waals surface area contributed by atoms with E-state index >= 15 is 0 Å². The van der Waals surface area contributed by atoms with Crippen LogP contribution in [0.2, 0.25) is 0 Å². The predicted molar refractivity (Wildman–Crippen MR) is 72.1 cm³/mol.